The molecule has 0 bridgehead atoms. The topological polar surface area (TPSA) is 86.8 Å². The average molecular weight is 317 g/mol. The summed E-state index contributed by atoms with van der Waals surface area (Å²) >= 11 is 0. The Morgan fingerprint density at radius 2 is 1.76 bits per heavy atom. The molecular formula is C13H23N3O4S. The van der Waals surface area contributed by atoms with E-state index in [9.17, 15) is 18.0 Å². The van der Waals surface area contributed by atoms with Crippen LogP contribution in [-0.4, -0.2) is 54.5 Å². The third kappa shape index (κ3) is 3.27. The van der Waals surface area contributed by atoms with Crippen LogP contribution >= 0.6 is 0 Å². The molecule has 1 N–H and O–H groups in total. The van der Waals surface area contributed by atoms with Crippen LogP contribution in [0.15, 0.2) is 0 Å². The zero-order valence-corrected chi connectivity index (χ0v) is 13.5. The van der Waals surface area contributed by atoms with E-state index < -0.39 is 28.1 Å². The van der Waals surface area contributed by atoms with Crippen molar-refractivity contribution >= 4 is 22.0 Å². The van der Waals surface area contributed by atoms with E-state index in [1.807, 2.05) is 13.8 Å². The Hall–Kier alpha value is -0.990. The van der Waals surface area contributed by atoms with Crippen molar-refractivity contribution in [1.82, 2.24) is 13.9 Å². The van der Waals surface area contributed by atoms with Gasteiger partial charge >= 0.3 is 0 Å². The van der Waals surface area contributed by atoms with Crippen LogP contribution in [0.2, 0.25) is 0 Å². The van der Waals surface area contributed by atoms with Gasteiger partial charge in [-0.3, -0.25) is 14.9 Å². The number of hydrogen-bond donors (Lipinski definition) is 1. The fourth-order valence-corrected chi connectivity index (χ4v) is 5.25. The van der Waals surface area contributed by atoms with Crippen LogP contribution in [0.1, 0.15) is 33.6 Å². The second-order valence-electron chi connectivity index (χ2n) is 6.15. The predicted octanol–water partition coefficient (Wildman–Crippen LogP) is -0.0539. The maximum Gasteiger partial charge on any atom is 0.283 e. The number of imide groups is 1. The van der Waals surface area contributed by atoms with Gasteiger partial charge in [0.15, 0.2) is 0 Å². The number of piperazine rings is 1. The van der Waals surface area contributed by atoms with E-state index in [0.29, 0.717) is 19.5 Å². The van der Waals surface area contributed by atoms with Crippen molar-refractivity contribution in [2.75, 3.05) is 19.6 Å². The molecule has 0 aromatic rings. The SMILES string of the molecule is CCC1C(=O)NC(=O)CN1S(=O)(=O)N1CC(C)CC(C)C1. The molecular weight excluding hydrogens is 294 g/mol. The number of piperidine rings is 1. The zero-order valence-electron chi connectivity index (χ0n) is 12.7. The van der Waals surface area contributed by atoms with Crippen LogP contribution in [0, 0.1) is 11.8 Å². The first-order valence-corrected chi connectivity index (χ1v) is 8.76. The van der Waals surface area contributed by atoms with Crippen LogP contribution in [0.3, 0.4) is 0 Å². The van der Waals surface area contributed by atoms with E-state index >= 15 is 0 Å². The predicted molar refractivity (Wildman–Crippen MR) is 77.4 cm³/mol. The van der Waals surface area contributed by atoms with Crippen molar-refractivity contribution in [3.05, 3.63) is 0 Å². The van der Waals surface area contributed by atoms with Gasteiger partial charge in [0, 0.05) is 13.1 Å². The lowest BCUT2D eigenvalue weighted by atomic mass is 9.94. The molecule has 0 aromatic heterocycles. The van der Waals surface area contributed by atoms with Crippen LogP contribution in [0.5, 0.6) is 0 Å². The molecule has 3 unspecified atom stereocenters. The lowest BCUT2D eigenvalue weighted by molar-refractivity contribution is -0.137. The van der Waals surface area contributed by atoms with Crippen molar-refractivity contribution in [3.63, 3.8) is 0 Å². The minimum atomic E-state index is -3.79. The van der Waals surface area contributed by atoms with E-state index in [1.54, 1.807) is 6.92 Å². The highest BCUT2D eigenvalue weighted by molar-refractivity contribution is 7.86. The Bertz CT molecular complexity index is 524. The molecule has 2 saturated heterocycles. The third-order valence-electron chi connectivity index (χ3n) is 4.06. The molecule has 3 atom stereocenters. The van der Waals surface area contributed by atoms with Crippen LogP contribution in [-0.2, 0) is 19.8 Å². The Morgan fingerprint density at radius 3 is 2.29 bits per heavy atom. The number of carbonyl (C=O) groups excluding carboxylic acids is 2. The fourth-order valence-electron chi connectivity index (χ4n) is 3.22. The van der Waals surface area contributed by atoms with E-state index in [4.69, 9.17) is 0 Å². The number of carbonyl (C=O) groups is 2. The largest absolute Gasteiger partial charge is 0.294 e. The summed E-state index contributed by atoms with van der Waals surface area (Å²) < 4.78 is 28.1. The highest BCUT2D eigenvalue weighted by atomic mass is 32.2. The lowest BCUT2D eigenvalue weighted by Gasteiger charge is -2.40. The van der Waals surface area contributed by atoms with Gasteiger partial charge in [-0.2, -0.15) is 17.0 Å². The molecule has 120 valence electrons. The van der Waals surface area contributed by atoms with E-state index in [2.05, 4.69) is 5.32 Å². The second-order valence-corrected chi connectivity index (χ2v) is 8.03. The van der Waals surface area contributed by atoms with Crippen molar-refractivity contribution < 1.29 is 18.0 Å². The van der Waals surface area contributed by atoms with Crippen molar-refractivity contribution in [2.24, 2.45) is 11.8 Å². The van der Waals surface area contributed by atoms with Crippen molar-refractivity contribution in [1.29, 1.82) is 0 Å². The standard InChI is InChI=1S/C13H23N3O4S/c1-4-11-13(18)14-12(17)8-16(11)21(19,20)15-6-9(2)5-10(3)7-15/h9-11H,4-8H2,1-3H3,(H,14,17,18). The Balaban J connectivity index is 2.28. The first-order chi connectivity index (χ1) is 9.75. The molecule has 0 radical (unpaired) electrons. The average Bonchev–Trinajstić information content (AvgIpc) is 2.36. The maximum atomic E-state index is 12.8. The number of nitrogens with one attached hydrogen (secondary N) is 1. The van der Waals surface area contributed by atoms with E-state index in [0.717, 1.165) is 10.7 Å². The van der Waals surface area contributed by atoms with Gasteiger partial charge in [0.25, 0.3) is 10.2 Å². The third-order valence-corrected chi connectivity index (χ3v) is 5.98. The summed E-state index contributed by atoms with van der Waals surface area (Å²) in [5.41, 5.74) is 0. The van der Waals surface area contributed by atoms with Crippen LogP contribution in [0.4, 0.5) is 0 Å². The Labute approximate surface area is 125 Å². The molecule has 2 aliphatic rings. The summed E-state index contributed by atoms with van der Waals surface area (Å²) in [7, 11) is -3.79. The number of hydrogen-bond acceptors (Lipinski definition) is 4. The number of nitrogens with zero attached hydrogens (tertiary/aromatic N) is 2. The molecule has 0 spiro atoms. The molecule has 2 heterocycles. The Kier molecular flexibility index (Phi) is 4.69. The molecule has 0 saturated carbocycles. The smallest absolute Gasteiger partial charge is 0.283 e. The summed E-state index contributed by atoms with van der Waals surface area (Å²) in [5, 5.41) is 2.20. The molecule has 0 aromatic carbocycles. The fraction of sp³-hybridized carbons (Fsp3) is 0.846. The molecule has 2 rings (SSSR count). The van der Waals surface area contributed by atoms with Gasteiger partial charge < -0.3 is 0 Å². The number of rotatable bonds is 3. The van der Waals surface area contributed by atoms with E-state index in [-0.39, 0.29) is 18.4 Å². The van der Waals surface area contributed by atoms with Gasteiger partial charge in [0.1, 0.15) is 6.04 Å². The first kappa shape index (κ1) is 16.4. The highest BCUT2D eigenvalue weighted by Crippen LogP contribution is 2.26. The van der Waals surface area contributed by atoms with Crippen LogP contribution < -0.4 is 5.32 Å². The van der Waals surface area contributed by atoms with E-state index in [1.165, 1.54) is 4.31 Å². The van der Waals surface area contributed by atoms with Gasteiger partial charge in [0.05, 0.1) is 6.54 Å². The molecule has 7 nitrogen and oxygen atoms in total. The minimum absolute atomic E-state index is 0.276. The maximum absolute atomic E-state index is 12.8. The second kappa shape index (κ2) is 6.02. The molecule has 8 heteroatoms. The highest BCUT2D eigenvalue weighted by Gasteiger charge is 2.43. The molecule has 2 amide bonds. The quantitative estimate of drug-likeness (QED) is 0.739. The van der Waals surface area contributed by atoms with Crippen LogP contribution in [0.25, 0.3) is 0 Å². The molecule has 21 heavy (non-hydrogen) atoms. The van der Waals surface area contributed by atoms with Crippen molar-refractivity contribution in [3.8, 4) is 0 Å². The molecule has 0 aliphatic carbocycles. The van der Waals surface area contributed by atoms with Gasteiger partial charge in [-0.1, -0.05) is 20.8 Å². The summed E-state index contributed by atoms with van der Waals surface area (Å²) in [5.74, 6) is -0.544. The minimum Gasteiger partial charge on any atom is -0.294 e. The van der Waals surface area contributed by atoms with Gasteiger partial charge in [-0.25, -0.2) is 0 Å². The Morgan fingerprint density at radius 1 is 1.19 bits per heavy atom. The summed E-state index contributed by atoms with van der Waals surface area (Å²) in [6.45, 7) is 6.37. The van der Waals surface area contributed by atoms with Crippen molar-refractivity contribution in [2.45, 2.75) is 39.7 Å². The summed E-state index contributed by atoms with van der Waals surface area (Å²) in [4.78, 5) is 23.4. The zero-order chi connectivity index (χ0) is 15.8. The van der Waals surface area contributed by atoms with Gasteiger partial charge in [-0.05, 0) is 24.7 Å². The summed E-state index contributed by atoms with van der Waals surface area (Å²) in [6.07, 6.45) is 1.33. The first-order valence-electron chi connectivity index (χ1n) is 7.36. The number of amides is 2. The lowest BCUT2D eigenvalue weighted by Crippen LogP contribution is -2.62. The summed E-state index contributed by atoms with van der Waals surface area (Å²) in [6, 6.07) is -0.805. The monoisotopic (exact) mass is 317 g/mol. The normalized spacial score (nSPS) is 33.0. The van der Waals surface area contributed by atoms with Gasteiger partial charge in [-0.15, -0.1) is 0 Å². The molecule has 2 aliphatic heterocycles. The van der Waals surface area contributed by atoms with Gasteiger partial charge in [0.2, 0.25) is 11.8 Å². The molecule has 2 fully saturated rings.